The molecule has 22 heavy (non-hydrogen) atoms. The van der Waals surface area contributed by atoms with Crippen LogP contribution in [0.1, 0.15) is 41.0 Å². The van der Waals surface area contributed by atoms with Crippen molar-refractivity contribution in [1.29, 1.82) is 0 Å². The van der Waals surface area contributed by atoms with Gasteiger partial charge in [0.05, 0.1) is 19.8 Å². The fourth-order valence-electron chi connectivity index (χ4n) is 1.80. The van der Waals surface area contributed by atoms with E-state index in [4.69, 9.17) is 14.2 Å². The summed E-state index contributed by atoms with van der Waals surface area (Å²) in [6.07, 6.45) is -0.966. The normalized spacial score (nSPS) is 18.3. The van der Waals surface area contributed by atoms with E-state index in [0.717, 1.165) is 0 Å². The van der Waals surface area contributed by atoms with Crippen LogP contribution in [0.15, 0.2) is 0 Å². The number of hydrogen-bond acceptors (Lipinski definition) is 5. The molecule has 1 atom stereocenters. The summed E-state index contributed by atoms with van der Waals surface area (Å²) in [5.74, 6) is -0.513. The van der Waals surface area contributed by atoms with Gasteiger partial charge >= 0.3 is 12.1 Å². The molecule has 0 saturated carbocycles. The van der Waals surface area contributed by atoms with Gasteiger partial charge in [0.1, 0.15) is 11.6 Å². The maximum atomic E-state index is 14.2. The molecule has 7 heteroatoms. The summed E-state index contributed by atoms with van der Waals surface area (Å²) in [6, 6.07) is -1.09. The molecule has 0 aromatic rings. The molecule has 128 valence electrons. The fraction of sp³-hybridized carbons (Fsp3) is 0.867. The van der Waals surface area contributed by atoms with Crippen molar-refractivity contribution in [2.75, 3.05) is 19.8 Å². The summed E-state index contributed by atoms with van der Waals surface area (Å²) in [4.78, 5) is 23.9. The molecule has 1 amide bonds. The highest BCUT2D eigenvalue weighted by molar-refractivity contribution is 5.81. The van der Waals surface area contributed by atoms with Gasteiger partial charge in [0.2, 0.25) is 0 Å². The van der Waals surface area contributed by atoms with Crippen molar-refractivity contribution >= 4 is 12.1 Å². The molecule has 1 heterocycles. The lowest BCUT2D eigenvalue weighted by Gasteiger charge is -2.36. The largest absolute Gasteiger partial charge is 0.464 e. The number of nitrogens with one attached hydrogen (secondary N) is 1. The van der Waals surface area contributed by atoms with E-state index in [1.54, 1.807) is 20.8 Å². The van der Waals surface area contributed by atoms with Gasteiger partial charge in [0, 0.05) is 6.42 Å². The number of esters is 1. The second kappa shape index (κ2) is 7.26. The van der Waals surface area contributed by atoms with Crippen LogP contribution in [0.3, 0.4) is 0 Å². The molecule has 0 bridgehead atoms. The number of hydrogen-bond donors (Lipinski definition) is 1. The monoisotopic (exact) mass is 319 g/mol. The van der Waals surface area contributed by atoms with Gasteiger partial charge in [0.15, 0.2) is 5.67 Å². The smallest absolute Gasteiger partial charge is 0.408 e. The lowest BCUT2D eigenvalue weighted by atomic mass is 9.95. The molecular weight excluding hydrogens is 293 g/mol. The predicted molar refractivity (Wildman–Crippen MR) is 78.2 cm³/mol. The number of alkyl carbamates (subject to hydrolysis) is 1. The first-order chi connectivity index (χ1) is 10.0. The molecule has 0 radical (unpaired) electrons. The number of ether oxygens (including phenoxy) is 3. The molecule has 0 spiro atoms. The second-order valence-electron chi connectivity index (χ2n) is 7.07. The number of alkyl halides is 1. The molecule has 1 aliphatic heterocycles. The summed E-state index contributed by atoms with van der Waals surface area (Å²) < 4.78 is 29.2. The Balaban J connectivity index is 2.64. The second-order valence-corrected chi connectivity index (χ2v) is 7.07. The number of amides is 1. The number of carbonyl (C=O) groups excluding carboxylic acids is 2. The van der Waals surface area contributed by atoms with E-state index in [1.807, 2.05) is 13.8 Å². The Bertz CT molecular complexity index is 401. The van der Waals surface area contributed by atoms with Crippen LogP contribution in [-0.4, -0.2) is 49.2 Å². The van der Waals surface area contributed by atoms with E-state index >= 15 is 0 Å². The van der Waals surface area contributed by atoms with Crippen molar-refractivity contribution in [2.24, 2.45) is 5.92 Å². The van der Waals surface area contributed by atoms with Gasteiger partial charge < -0.3 is 19.5 Å². The van der Waals surface area contributed by atoms with Crippen LogP contribution in [0.4, 0.5) is 9.18 Å². The molecule has 0 aromatic carbocycles. The third kappa shape index (κ3) is 6.60. The number of rotatable bonds is 6. The molecule has 1 saturated heterocycles. The first-order valence-corrected chi connectivity index (χ1v) is 7.43. The minimum absolute atomic E-state index is 0.0864. The van der Waals surface area contributed by atoms with E-state index in [9.17, 15) is 14.0 Å². The quantitative estimate of drug-likeness (QED) is 0.760. The van der Waals surface area contributed by atoms with Crippen molar-refractivity contribution in [1.82, 2.24) is 5.32 Å². The Morgan fingerprint density at radius 1 is 1.32 bits per heavy atom. The minimum Gasteiger partial charge on any atom is -0.464 e. The Labute approximate surface area is 130 Å². The van der Waals surface area contributed by atoms with E-state index in [1.165, 1.54) is 0 Å². The summed E-state index contributed by atoms with van der Waals surface area (Å²) >= 11 is 0. The van der Waals surface area contributed by atoms with E-state index in [2.05, 4.69) is 5.32 Å². The van der Waals surface area contributed by atoms with Crippen molar-refractivity contribution in [3.05, 3.63) is 0 Å². The average molecular weight is 319 g/mol. The minimum atomic E-state index is -1.61. The first-order valence-electron chi connectivity index (χ1n) is 7.43. The molecule has 1 aliphatic rings. The van der Waals surface area contributed by atoms with Gasteiger partial charge in [-0.05, 0) is 26.7 Å². The molecule has 1 N–H and O–H groups in total. The molecule has 1 fully saturated rings. The Morgan fingerprint density at radius 2 is 1.91 bits per heavy atom. The lowest BCUT2D eigenvalue weighted by molar-refractivity contribution is -0.158. The Hall–Kier alpha value is -1.37. The maximum absolute atomic E-state index is 14.2. The lowest BCUT2D eigenvalue weighted by Crippen LogP contribution is -2.54. The van der Waals surface area contributed by atoms with Crippen LogP contribution in [0.5, 0.6) is 0 Å². The third-order valence-electron chi connectivity index (χ3n) is 2.83. The average Bonchev–Trinajstić information content (AvgIpc) is 2.30. The summed E-state index contributed by atoms with van der Waals surface area (Å²) in [5, 5.41) is 2.39. The van der Waals surface area contributed by atoms with Gasteiger partial charge in [-0.15, -0.1) is 0 Å². The first kappa shape index (κ1) is 18.7. The molecule has 6 nitrogen and oxygen atoms in total. The van der Waals surface area contributed by atoms with E-state index < -0.39 is 29.4 Å². The van der Waals surface area contributed by atoms with Crippen molar-refractivity contribution < 1.29 is 28.2 Å². The zero-order valence-corrected chi connectivity index (χ0v) is 13.9. The van der Waals surface area contributed by atoms with Crippen molar-refractivity contribution in [3.8, 4) is 0 Å². The topological polar surface area (TPSA) is 73.9 Å². The maximum Gasteiger partial charge on any atom is 0.408 e. The van der Waals surface area contributed by atoms with Gasteiger partial charge in [-0.3, -0.25) is 0 Å². The van der Waals surface area contributed by atoms with Gasteiger partial charge in [-0.1, -0.05) is 13.8 Å². The third-order valence-corrected chi connectivity index (χ3v) is 2.83. The summed E-state index contributed by atoms with van der Waals surface area (Å²) in [5.41, 5.74) is -2.32. The number of carbonyl (C=O) groups is 2. The SMILES string of the molecule is CC(C)COC(=O)C(CC1(F)COC1)NC(=O)OC(C)(C)C. The van der Waals surface area contributed by atoms with Gasteiger partial charge in [-0.2, -0.15) is 0 Å². The van der Waals surface area contributed by atoms with Crippen molar-refractivity contribution in [2.45, 2.75) is 58.4 Å². The van der Waals surface area contributed by atoms with Crippen LogP contribution < -0.4 is 5.32 Å². The molecule has 1 rings (SSSR count). The zero-order chi connectivity index (χ0) is 17.0. The highest BCUT2D eigenvalue weighted by atomic mass is 19.1. The van der Waals surface area contributed by atoms with E-state index in [-0.39, 0.29) is 32.2 Å². The van der Waals surface area contributed by atoms with Crippen LogP contribution in [-0.2, 0) is 19.0 Å². The molecule has 1 unspecified atom stereocenters. The standard InChI is InChI=1S/C15H26FNO5/c1-10(2)7-21-12(18)11(6-15(16)8-20-9-15)17-13(19)22-14(3,4)5/h10-11H,6-9H2,1-5H3,(H,17,19). The summed E-state index contributed by atoms with van der Waals surface area (Å²) in [7, 11) is 0. The van der Waals surface area contributed by atoms with Crippen molar-refractivity contribution in [3.63, 3.8) is 0 Å². The van der Waals surface area contributed by atoms with Crippen LogP contribution in [0.2, 0.25) is 0 Å². The Morgan fingerprint density at radius 3 is 2.32 bits per heavy atom. The molecule has 0 aromatic heterocycles. The number of halogens is 1. The van der Waals surface area contributed by atoms with Crippen LogP contribution >= 0.6 is 0 Å². The fourth-order valence-corrected chi connectivity index (χ4v) is 1.80. The van der Waals surface area contributed by atoms with Crippen LogP contribution in [0, 0.1) is 5.92 Å². The van der Waals surface area contributed by atoms with Gasteiger partial charge in [-0.25, -0.2) is 14.0 Å². The van der Waals surface area contributed by atoms with Gasteiger partial charge in [0.25, 0.3) is 0 Å². The zero-order valence-electron chi connectivity index (χ0n) is 13.9. The highest BCUT2D eigenvalue weighted by Gasteiger charge is 2.43. The highest BCUT2D eigenvalue weighted by Crippen LogP contribution is 2.27. The molecular formula is C15H26FNO5. The van der Waals surface area contributed by atoms with Crippen LogP contribution in [0.25, 0.3) is 0 Å². The van der Waals surface area contributed by atoms with E-state index in [0.29, 0.717) is 0 Å². The predicted octanol–water partition coefficient (Wildman–Crippen LogP) is 2.21. The summed E-state index contributed by atoms with van der Waals surface area (Å²) in [6.45, 7) is 8.92. The molecule has 0 aliphatic carbocycles. The Kier molecular flexibility index (Phi) is 6.17.